The fourth-order valence-corrected chi connectivity index (χ4v) is 2.59. The number of hydrogen-bond donors (Lipinski definition) is 1. The molecule has 2 N–H and O–H groups in total. The third kappa shape index (κ3) is 3.03. The molecule has 0 saturated carbocycles. The molecule has 2 nitrogen and oxygen atoms in total. The second kappa shape index (κ2) is 3.94. The first kappa shape index (κ1) is 11.6. The van der Waals surface area contributed by atoms with Crippen LogP contribution >= 0.6 is 15.9 Å². The number of aryl methyl sites for hydroxylation is 1. The normalized spacial score (nSPS) is 11.5. The average Bonchev–Trinajstić information content (AvgIpc) is 1.97. The number of hydrogen-bond acceptors (Lipinski definition) is 2. The fourth-order valence-electron chi connectivity index (χ4n) is 1.08. The maximum absolute atomic E-state index is 5.88. The zero-order valence-electron chi connectivity index (χ0n) is 9.02. The maximum Gasteiger partial charge on any atom is 0.242 e. The number of nitrogen functional groups attached to an aromatic ring is 1. The zero-order chi connectivity index (χ0) is 10.9. The summed E-state index contributed by atoms with van der Waals surface area (Å²) in [6, 6.07) is 3.88. The molecule has 0 saturated heterocycles. The molecule has 14 heavy (non-hydrogen) atoms. The van der Waals surface area contributed by atoms with E-state index in [0.29, 0.717) is 0 Å². The Balaban J connectivity index is 3.04. The highest BCUT2D eigenvalue weighted by atomic mass is 79.9. The highest BCUT2D eigenvalue weighted by molar-refractivity contribution is 9.10. The van der Waals surface area contributed by atoms with Gasteiger partial charge < -0.3 is 10.2 Å². The number of benzene rings is 1. The van der Waals surface area contributed by atoms with Crippen LogP contribution in [0, 0.1) is 6.92 Å². The minimum Gasteiger partial charge on any atom is -0.544 e. The Kier molecular flexibility index (Phi) is 3.27. The number of anilines is 1. The van der Waals surface area contributed by atoms with E-state index < -0.39 is 8.32 Å². The van der Waals surface area contributed by atoms with E-state index in [1.165, 1.54) is 0 Å². The standard InChI is InChI=1S/C10H16BrNOSi/c1-7-5-8(11)10(6-9(7)12)13-14(2,3)4/h5-6H,12H2,1-4H3. The highest BCUT2D eigenvalue weighted by Gasteiger charge is 2.18. The van der Waals surface area contributed by atoms with E-state index in [0.717, 1.165) is 21.5 Å². The lowest BCUT2D eigenvalue weighted by atomic mass is 10.2. The first-order valence-electron chi connectivity index (χ1n) is 4.54. The predicted octanol–water partition coefficient (Wildman–Crippen LogP) is 3.55. The molecule has 78 valence electrons. The van der Waals surface area contributed by atoms with Gasteiger partial charge in [0.15, 0.2) is 0 Å². The van der Waals surface area contributed by atoms with Crippen LogP contribution in [0.2, 0.25) is 19.6 Å². The lowest BCUT2D eigenvalue weighted by molar-refractivity contribution is 0.554. The molecule has 0 aliphatic carbocycles. The fraction of sp³-hybridized carbons (Fsp3) is 0.400. The second-order valence-corrected chi connectivity index (χ2v) is 9.64. The largest absolute Gasteiger partial charge is 0.544 e. The van der Waals surface area contributed by atoms with Crippen LogP contribution in [0.1, 0.15) is 5.56 Å². The van der Waals surface area contributed by atoms with E-state index >= 15 is 0 Å². The molecular weight excluding hydrogens is 258 g/mol. The Bertz CT molecular complexity index is 347. The van der Waals surface area contributed by atoms with Gasteiger partial charge in [0.25, 0.3) is 0 Å². The van der Waals surface area contributed by atoms with Crippen LogP contribution in [-0.4, -0.2) is 8.32 Å². The molecule has 0 atom stereocenters. The summed E-state index contributed by atoms with van der Waals surface area (Å²) in [5.74, 6) is 0.854. The van der Waals surface area contributed by atoms with Crippen LogP contribution in [0.3, 0.4) is 0 Å². The van der Waals surface area contributed by atoms with Crippen LogP contribution in [0.5, 0.6) is 5.75 Å². The van der Waals surface area contributed by atoms with Crippen molar-refractivity contribution in [1.82, 2.24) is 0 Å². The van der Waals surface area contributed by atoms with Crippen LogP contribution in [-0.2, 0) is 0 Å². The van der Waals surface area contributed by atoms with Crippen molar-refractivity contribution in [2.45, 2.75) is 26.6 Å². The summed E-state index contributed by atoms with van der Waals surface area (Å²) < 4.78 is 6.86. The minimum atomic E-state index is -1.56. The summed E-state index contributed by atoms with van der Waals surface area (Å²) in [6.07, 6.45) is 0. The lowest BCUT2D eigenvalue weighted by Crippen LogP contribution is -2.29. The number of rotatable bonds is 2. The number of nitrogens with two attached hydrogens (primary N) is 1. The van der Waals surface area contributed by atoms with Crippen LogP contribution < -0.4 is 10.2 Å². The van der Waals surface area contributed by atoms with Crippen molar-refractivity contribution in [2.75, 3.05) is 5.73 Å². The first-order valence-corrected chi connectivity index (χ1v) is 8.74. The molecule has 0 amide bonds. The molecule has 0 aliphatic heterocycles. The van der Waals surface area contributed by atoms with E-state index in [2.05, 4.69) is 35.6 Å². The zero-order valence-corrected chi connectivity index (χ0v) is 11.6. The third-order valence-corrected chi connectivity index (χ3v) is 3.19. The number of halogens is 1. The highest BCUT2D eigenvalue weighted by Crippen LogP contribution is 2.31. The molecule has 1 rings (SSSR count). The summed E-state index contributed by atoms with van der Waals surface area (Å²) in [7, 11) is -1.56. The van der Waals surface area contributed by atoms with Gasteiger partial charge in [0, 0.05) is 11.8 Å². The van der Waals surface area contributed by atoms with Gasteiger partial charge in [-0.05, 0) is 54.1 Å². The first-order chi connectivity index (χ1) is 6.29. The van der Waals surface area contributed by atoms with E-state index in [9.17, 15) is 0 Å². The van der Waals surface area contributed by atoms with Crippen molar-refractivity contribution in [1.29, 1.82) is 0 Å². The van der Waals surface area contributed by atoms with E-state index in [-0.39, 0.29) is 0 Å². The molecule has 0 radical (unpaired) electrons. The van der Waals surface area contributed by atoms with Crippen LogP contribution in [0.4, 0.5) is 5.69 Å². The molecule has 4 heteroatoms. The Morgan fingerprint density at radius 3 is 2.36 bits per heavy atom. The van der Waals surface area contributed by atoms with Gasteiger partial charge in [-0.25, -0.2) is 0 Å². The quantitative estimate of drug-likeness (QED) is 0.661. The minimum absolute atomic E-state index is 0.779. The Labute approximate surface area is 94.7 Å². The van der Waals surface area contributed by atoms with Crippen LogP contribution in [0.15, 0.2) is 16.6 Å². The van der Waals surface area contributed by atoms with Crippen molar-refractivity contribution in [2.24, 2.45) is 0 Å². The average molecular weight is 274 g/mol. The Morgan fingerprint density at radius 2 is 1.86 bits per heavy atom. The van der Waals surface area contributed by atoms with Crippen molar-refractivity contribution < 1.29 is 4.43 Å². The predicted molar refractivity (Wildman–Crippen MR) is 67.3 cm³/mol. The molecule has 0 fully saturated rings. The SMILES string of the molecule is Cc1cc(Br)c(O[Si](C)(C)C)cc1N. The Morgan fingerprint density at radius 1 is 1.29 bits per heavy atom. The van der Waals surface area contributed by atoms with Gasteiger partial charge in [-0.15, -0.1) is 0 Å². The molecule has 0 aromatic heterocycles. The summed E-state index contributed by atoms with van der Waals surface area (Å²) in [4.78, 5) is 0. The summed E-state index contributed by atoms with van der Waals surface area (Å²) in [6.45, 7) is 8.43. The van der Waals surface area contributed by atoms with Gasteiger partial charge in [-0.1, -0.05) is 0 Å². The Hall–Kier alpha value is -0.483. The lowest BCUT2D eigenvalue weighted by Gasteiger charge is -2.21. The van der Waals surface area contributed by atoms with Crippen LogP contribution in [0.25, 0.3) is 0 Å². The van der Waals surface area contributed by atoms with Crippen molar-refractivity contribution >= 4 is 29.9 Å². The molecule has 0 unspecified atom stereocenters. The molecule has 0 aliphatic rings. The van der Waals surface area contributed by atoms with Gasteiger partial charge in [0.1, 0.15) is 5.75 Å². The molecule has 0 bridgehead atoms. The monoisotopic (exact) mass is 273 g/mol. The van der Waals surface area contributed by atoms with Gasteiger partial charge in [-0.3, -0.25) is 0 Å². The van der Waals surface area contributed by atoms with Gasteiger partial charge in [0.2, 0.25) is 8.32 Å². The van der Waals surface area contributed by atoms with Gasteiger partial charge >= 0.3 is 0 Å². The topological polar surface area (TPSA) is 35.2 Å². The maximum atomic E-state index is 5.88. The molecule has 1 aromatic carbocycles. The third-order valence-electron chi connectivity index (χ3n) is 1.74. The van der Waals surface area contributed by atoms with E-state index in [1.807, 2.05) is 19.1 Å². The smallest absolute Gasteiger partial charge is 0.242 e. The summed E-state index contributed by atoms with van der Waals surface area (Å²) in [5, 5.41) is 0. The van der Waals surface area contributed by atoms with E-state index in [1.54, 1.807) is 0 Å². The van der Waals surface area contributed by atoms with Crippen molar-refractivity contribution in [3.05, 3.63) is 22.2 Å². The molecule has 1 aromatic rings. The van der Waals surface area contributed by atoms with Gasteiger partial charge in [0.05, 0.1) is 4.47 Å². The van der Waals surface area contributed by atoms with E-state index in [4.69, 9.17) is 10.2 Å². The molecule has 0 heterocycles. The molecular formula is C10H16BrNOSi. The second-order valence-electron chi connectivity index (χ2n) is 4.35. The van der Waals surface area contributed by atoms with Crippen molar-refractivity contribution in [3.8, 4) is 5.75 Å². The summed E-state index contributed by atoms with van der Waals surface area (Å²) in [5.41, 5.74) is 7.67. The van der Waals surface area contributed by atoms with Crippen molar-refractivity contribution in [3.63, 3.8) is 0 Å². The van der Waals surface area contributed by atoms with Gasteiger partial charge in [-0.2, -0.15) is 0 Å². The molecule has 0 spiro atoms. The summed E-state index contributed by atoms with van der Waals surface area (Å²) >= 11 is 3.48.